The molecule has 1 N–H and O–H groups in total. The van der Waals surface area contributed by atoms with E-state index in [-0.39, 0.29) is 12.4 Å². The van der Waals surface area contributed by atoms with E-state index in [0.717, 1.165) is 31.2 Å². The number of nitrogens with one attached hydrogen (secondary N) is 1. The standard InChI is InChI=1S/C17H32N4O.ClH/c1-6-22-17-16(14(4)19-21(17)10-13(2)3)12-20-9-7-8-15(11-20)18-5;/h13,15,18H,6-12H2,1-5H3;1H. The molecule has 0 spiro atoms. The van der Waals surface area contributed by atoms with Gasteiger partial charge in [0, 0.05) is 25.7 Å². The SMILES string of the molecule is CCOc1c(CN2CCCC(NC)C2)c(C)nn1CC(C)C.Cl. The van der Waals surface area contributed by atoms with Crippen LogP contribution in [0.3, 0.4) is 0 Å². The lowest BCUT2D eigenvalue weighted by molar-refractivity contribution is 0.184. The molecular weight excluding hydrogens is 312 g/mol. The highest BCUT2D eigenvalue weighted by molar-refractivity contribution is 5.85. The van der Waals surface area contributed by atoms with Crippen LogP contribution in [0.5, 0.6) is 5.88 Å². The number of aryl methyl sites for hydroxylation is 1. The number of hydrogen-bond acceptors (Lipinski definition) is 4. The van der Waals surface area contributed by atoms with Gasteiger partial charge in [0.15, 0.2) is 0 Å². The largest absolute Gasteiger partial charge is 0.478 e. The lowest BCUT2D eigenvalue weighted by Gasteiger charge is -2.32. The number of piperidine rings is 1. The van der Waals surface area contributed by atoms with Crippen molar-refractivity contribution in [3.63, 3.8) is 0 Å². The number of ether oxygens (including phenoxy) is 1. The highest BCUT2D eigenvalue weighted by Crippen LogP contribution is 2.26. The van der Waals surface area contributed by atoms with E-state index in [1.165, 1.54) is 24.9 Å². The molecule has 0 amide bonds. The molecule has 1 aliphatic heterocycles. The molecule has 1 atom stereocenters. The van der Waals surface area contributed by atoms with Gasteiger partial charge in [-0.3, -0.25) is 4.90 Å². The first-order valence-corrected chi connectivity index (χ1v) is 8.63. The van der Waals surface area contributed by atoms with Crippen molar-refractivity contribution < 1.29 is 4.74 Å². The summed E-state index contributed by atoms with van der Waals surface area (Å²) >= 11 is 0. The molecule has 0 radical (unpaired) electrons. The van der Waals surface area contributed by atoms with Gasteiger partial charge in [0.05, 0.1) is 17.9 Å². The van der Waals surface area contributed by atoms with Gasteiger partial charge in [-0.1, -0.05) is 13.8 Å². The maximum Gasteiger partial charge on any atom is 0.216 e. The molecule has 0 bridgehead atoms. The summed E-state index contributed by atoms with van der Waals surface area (Å²) in [6.07, 6.45) is 2.53. The predicted molar refractivity (Wildman–Crippen MR) is 97.6 cm³/mol. The maximum atomic E-state index is 5.94. The van der Waals surface area contributed by atoms with Gasteiger partial charge < -0.3 is 10.1 Å². The van der Waals surface area contributed by atoms with Gasteiger partial charge in [-0.05, 0) is 46.2 Å². The highest BCUT2D eigenvalue weighted by Gasteiger charge is 2.23. The number of likely N-dealkylation sites (tertiary alicyclic amines) is 1. The number of halogens is 1. The molecule has 2 rings (SSSR count). The van der Waals surface area contributed by atoms with E-state index < -0.39 is 0 Å². The fourth-order valence-corrected chi connectivity index (χ4v) is 3.21. The minimum absolute atomic E-state index is 0. The third-order valence-corrected chi connectivity index (χ3v) is 4.31. The Morgan fingerprint density at radius 1 is 1.39 bits per heavy atom. The topological polar surface area (TPSA) is 42.3 Å². The summed E-state index contributed by atoms with van der Waals surface area (Å²) in [6, 6.07) is 0.607. The van der Waals surface area contributed by atoms with E-state index in [2.05, 4.69) is 42.7 Å². The third kappa shape index (κ3) is 5.37. The summed E-state index contributed by atoms with van der Waals surface area (Å²) in [7, 11) is 2.06. The lowest BCUT2D eigenvalue weighted by Crippen LogP contribution is -2.43. The van der Waals surface area contributed by atoms with Crippen LogP contribution >= 0.6 is 12.4 Å². The van der Waals surface area contributed by atoms with Gasteiger partial charge in [-0.25, -0.2) is 4.68 Å². The first kappa shape index (κ1) is 20.3. The number of aromatic nitrogens is 2. The van der Waals surface area contributed by atoms with E-state index in [0.29, 0.717) is 18.6 Å². The first-order valence-electron chi connectivity index (χ1n) is 8.63. The van der Waals surface area contributed by atoms with Gasteiger partial charge in [0.1, 0.15) is 0 Å². The molecule has 1 unspecified atom stereocenters. The molecule has 2 heterocycles. The van der Waals surface area contributed by atoms with Gasteiger partial charge in [-0.2, -0.15) is 5.10 Å². The Hall–Kier alpha value is -0.780. The fourth-order valence-electron chi connectivity index (χ4n) is 3.21. The average Bonchev–Trinajstić information content (AvgIpc) is 2.75. The number of rotatable bonds is 7. The highest BCUT2D eigenvalue weighted by atomic mass is 35.5. The zero-order chi connectivity index (χ0) is 16.1. The van der Waals surface area contributed by atoms with Crippen molar-refractivity contribution in [1.29, 1.82) is 0 Å². The number of likely N-dealkylation sites (N-methyl/N-ethyl adjacent to an activating group) is 1. The van der Waals surface area contributed by atoms with Crippen molar-refractivity contribution in [1.82, 2.24) is 20.0 Å². The van der Waals surface area contributed by atoms with Crippen LogP contribution in [0.1, 0.15) is 44.9 Å². The van der Waals surface area contributed by atoms with E-state index in [1.54, 1.807) is 0 Å². The monoisotopic (exact) mass is 344 g/mol. The van der Waals surface area contributed by atoms with Crippen LogP contribution in [0.15, 0.2) is 0 Å². The molecule has 1 aromatic rings. The van der Waals surface area contributed by atoms with Gasteiger partial charge in [0.25, 0.3) is 0 Å². The van der Waals surface area contributed by atoms with Crippen LogP contribution in [-0.4, -0.2) is 47.5 Å². The van der Waals surface area contributed by atoms with Crippen molar-refractivity contribution in [3.05, 3.63) is 11.3 Å². The fraction of sp³-hybridized carbons (Fsp3) is 0.824. The van der Waals surface area contributed by atoms with Crippen LogP contribution in [-0.2, 0) is 13.1 Å². The van der Waals surface area contributed by atoms with Gasteiger partial charge in [-0.15, -0.1) is 12.4 Å². The summed E-state index contributed by atoms with van der Waals surface area (Å²) in [6.45, 7) is 13.4. The molecule has 134 valence electrons. The van der Waals surface area contributed by atoms with E-state index >= 15 is 0 Å². The Balaban J connectivity index is 0.00000264. The second-order valence-electron chi connectivity index (χ2n) is 6.74. The molecule has 1 fully saturated rings. The molecule has 1 saturated heterocycles. The first-order chi connectivity index (χ1) is 10.5. The molecule has 6 heteroatoms. The predicted octanol–water partition coefficient (Wildman–Crippen LogP) is 2.85. The van der Waals surface area contributed by atoms with Crippen molar-refractivity contribution in [2.24, 2.45) is 5.92 Å². The van der Waals surface area contributed by atoms with Gasteiger partial charge in [0.2, 0.25) is 5.88 Å². The molecule has 1 aliphatic rings. The quantitative estimate of drug-likeness (QED) is 0.826. The Labute approximate surface area is 147 Å². The minimum Gasteiger partial charge on any atom is -0.478 e. The van der Waals surface area contributed by atoms with Crippen molar-refractivity contribution in [2.75, 3.05) is 26.7 Å². The Morgan fingerprint density at radius 2 is 2.13 bits per heavy atom. The summed E-state index contributed by atoms with van der Waals surface area (Å²) in [5.41, 5.74) is 2.37. The second-order valence-corrected chi connectivity index (χ2v) is 6.74. The van der Waals surface area contributed by atoms with E-state index in [9.17, 15) is 0 Å². The lowest BCUT2D eigenvalue weighted by atomic mass is 10.1. The summed E-state index contributed by atoms with van der Waals surface area (Å²) in [5, 5.41) is 8.14. The van der Waals surface area contributed by atoms with Crippen molar-refractivity contribution in [3.8, 4) is 5.88 Å². The van der Waals surface area contributed by atoms with Crippen molar-refractivity contribution in [2.45, 2.75) is 59.7 Å². The average molecular weight is 345 g/mol. The number of hydrogen-bond donors (Lipinski definition) is 1. The molecule has 0 saturated carbocycles. The van der Waals surface area contributed by atoms with Crippen LogP contribution in [0.4, 0.5) is 0 Å². The maximum absolute atomic E-state index is 5.94. The zero-order valence-electron chi connectivity index (χ0n) is 15.3. The second kappa shape index (κ2) is 9.50. The molecule has 23 heavy (non-hydrogen) atoms. The normalized spacial score (nSPS) is 19.0. The molecular formula is C17H33ClN4O. The Morgan fingerprint density at radius 3 is 2.74 bits per heavy atom. The minimum atomic E-state index is 0. The summed E-state index contributed by atoms with van der Waals surface area (Å²) in [4.78, 5) is 2.52. The van der Waals surface area contributed by atoms with E-state index in [1.807, 2.05) is 6.92 Å². The molecule has 1 aromatic heterocycles. The van der Waals surface area contributed by atoms with Crippen LogP contribution < -0.4 is 10.1 Å². The van der Waals surface area contributed by atoms with E-state index in [4.69, 9.17) is 9.84 Å². The Kier molecular flexibility index (Phi) is 8.37. The summed E-state index contributed by atoms with van der Waals surface area (Å²) < 4.78 is 8.00. The molecule has 0 aliphatic carbocycles. The molecule has 0 aromatic carbocycles. The molecule has 5 nitrogen and oxygen atoms in total. The number of nitrogens with zero attached hydrogens (tertiary/aromatic N) is 3. The van der Waals surface area contributed by atoms with Gasteiger partial charge >= 0.3 is 0 Å². The summed E-state index contributed by atoms with van der Waals surface area (Å²) in [5.74, 6) is 1.54. The van der Waals surface area contributed by atoms with Crippen LogP contribution in [0.25, 0.3) is 0 Å². The smallest absolute Gasteiger partial charge is 0.216 e. The van der Waals surface area contributed by atoms with Crippen LogP contribution in [0, 0.1) is 12.8 Å². The van der Waals surface area contributed by atoms with Crippen LogP contribution in [0.2, 0.25) is 0 Å². The van der Waals surface area contributed by atoms with Crippen molar-refractivity contribution >= 4 is 12.4 Å². The third-order valence-electron chi connectivity index (χ3n) is 4.31. The zero-order valence-corrected chi connectivity index (χ0v) is 16.1. The Bertz CT molecular complexity index is 475.